The average Bonchev–Trinajstić information content (AvgIpc) is 3.54. The number of rotatable bonds is 3. The first kappa shape index (κ1) is 32.7. The van der Waals surface area contributed by atoms with Crippen LogP contribution in [0.15, 0.2) is 57.2 Å². The van der Waals surface area contributed by atoms with E-state index in [9.17, 15) is 0 Å². The molecular formula is C30H42Cl2S3SiZr. The molecule has 0 nitrogen and oxygen atoms in total. The Bertz CT molecular complexity index is 1020. The van der Waals surface area contributed by atoms with E-state index in [-0.39, 0.29) is 14.9 Å². The fourth-order valence-electron chi connectivity index (χ4n) is 8.35. The van der Waals surface area contributed by atoms with E-state index in [0.717, 1.165) is 50.5 Å². The van der Waals surface area contributed by atoms with Crippen LogP contribution >= 0.6 is 52.3 Å². The van der Waals surface area contributed by atoms with Crippen LogP contribution in [0.2, 0.25) is 24.2 Å². The standard InChI is InChI=1S/C28H36S3Si.2CH3.2ClH.Zr/c1-15-12-22-23(19-10-8-7-9-11-19)18(4)31-26(22)27(15)32(5,6)28-24-20(13-16(2)29-24)21-14-17(3)30-25(21)28;;;;;/h7-11,13-15,20-22,24-28H,12H2,1-6H3;2*1H3;2*1H;/q;2*-1;;;+4/p-2. The third kappa shape index (κ3) is 5.78. The van der Waals surface area contributed by atoms with Crippen molar-refractivity contribution in [3.8, 4) is 0 Å². The van der Waals surface area contributed by atoms with Crippen LogP contribution in [0.5, 0.6) is 0 Å². The number of fused-ring (bicyclic) bond motifs is 4. The van der Waals surface area contributed by atoms with E-state index in [0.29, 0.717) is 0 Å². The molecule has 7 heteroatoms. The first-order valence-corrected chi connectivity index (χ1v) is 24.9. The molecule has 1 aromatic carbocycles. The second-order valence-corrected chi connectivity index (χ2v) is 24.5. The Morgan fingerprint density at radius 2 is 1.32 bits per heavy atom. The summed E-state index contributed by atoms with van der Waals surface area (Å²) in [5.41, 5.74) is 5.00. The first-order valence-electron chi connectivity index (χ1n) is 12.8. The van der Waals surface area contributed by atoms with Crippen molar-refractivity contribution in [2.24, 2.45) is 23.7 Å². The van der Waals surface area contributed by atoms with Gasteiger partial charge in [0, 0.05) is 15.7 Å². The third-order valence-electron chi connectivity index (χ3n) is 9.26. The number of allylic oxidation sites excluding steroid dienone is 6. The van der Waals surface area contributed by atoms with Crippen molar-refractivity contribution in [3.05, 3.63) is 77.6 Å². The molecule has 2 saturated carbocycles. The van der Waals surface area contributed by atoms with Gasteiger partial charge in [-0.3, -0.25) is 0 Å². The van der Waals surface area contributed by atoms with Gasteiger partial charge in [-0.2, -0.15) is 0 Å². The summed E-state index contributed by atoms with van der Waals surface area (Å²) in [6.45, 7) is 15.4. The molecule has 0 amide bonds. The molecule has 0 radical (unpaired) electrons. The minimum absolute atomic E-state index is 0. The normalized spacial score (nSPS) is 37.2. The van der Waals surface area contributed by atoms with Gasteiger partial charge in [-0.15, -0.1) is 35.3 Å². The molecule has 8 unspecified atom stereocenters. The Morgan fingerprint density at radius 3 is 1.84 bits per heavy atom. The summed E-state index contributed by atoms with van der Waals surface area (Å²) in [6, 6.07) is 11.3. The topological polar surface area (TPSA) is 0 Å². The average molecular weight is 689 g/mol. The Morgan fingerprint density at radius 1 is 0.811 bits per heavy atom. The van der Waals surface area contributed by atoms with Gasteiger partial charge in [0.2, 0.25) is 0 Å². The van der Waals surface area contributed by atoms with Crippen molar-refractivity contribution in [2.75, 3.05) is 0 Å². The van der Waals surface area contributed by atoms with Gasteiger partial charge in [-0.25, -0.2) is 0 Å². The minimum atomic E-state index is -1.53. The van der Waals surface area contributed by atoms with Crippen molar-refractivity contribution in [1.82, 2.24) is 0 Å². The molecule has 2 aliphatic carbocycles. The van der Waals surface area contributed by atoms with E-state index in [2.05, 4.69) is 119 Å². The van der Waals surface area contributed by atoms with E-state index in [4.69, 9.17) is 17.0 Å². The summed E-state index contributed by atoms with van der Waals surface area (Å²) in [4.78, 5) is 4.79. The molecule has 3 aliphatic heterocycles. The van der Waals surface area contributed by atoms with Gasteiger partial charge in [0.25, 0.3) is 0 Å². The summed E-state index contributed by atoms with van der Waals surface area (Å²) in [7, 11) is 8.33. The molecule has 0 bridgehead atoms. The van der Waals surface area contributed by atoms with E-state index in [1.54, 1.807) is 20.3 Å². The summed E-state index contributed by atoms with van der Waals surface area (Å²) >= 11 is 5.93. The predicted molar refractivity (Wildman–Crippen MR) is 174 cm³/mol. The van der Waals surface area contributed by atoms with E-state index < -0.39 is 28.9 Å². The number of hydrogen-bond acceptors (Lipinski definition) is 3. The molecule has 1 aromatic rings. The maximum atomic E-state index is 4.93. The fourth-order valence-corrected chi connectivity index (χ4v) is 21.9. The van der Waals surface area contributed by atoms with Crippen molar-refractivity contribution in [3.63, 3.8) is 0 Å². The van der Waals surface area contributed by atoms with Crippen LogP contribution in [0.3, 0.4) is 0 Å². The molecule has 6 rings (SSSR count). The molecular weight excluding hydrogens is 647 g/mol. The van der Waals surface area contributed by atoms with Gasteiger partial charge in [-0.1, -0.05) is 62.5 Å². The molecule has 5 aliphatic rings. The fraction of sp³-hybridized carbons (Fsp3) is 0.533. The van der Waals surface area contributed by atoms with E-state index in [1.165, 1.54) is 12.0 Å². The van der Waals surface area contributed by atoms with Gasteiger partial charge in [0.1, 0.15) is 0 Å². The van der Waals surface area contributed by atoms with E-state index in [1.807, 2.05) is 0 Å². The summed E-state index contributed by atoms with van der Waals surface area (Å²) < 4.78 is 0. The molecule has 2 fully saturated rings. The summed E-state index contributed by atoms with van der Waals surface area (Å²) in [6.07, 6.45) is 6.69. The molecule has 0 saturated heterocycles. The number of hydrogen-bond donors (Lipinski definition) is 0. The van der Waals surface area contributed by atoms with Crippen LogP contribution in [-0.4, -0.2) is 23.8 Å². The number of benzene rings is 1. The molecule has 0 N–H and O–H groups in total. The second kappa shape index (κ2) is 13.0. The Kier molecular flexibility index (Phi) is 11.5. The molecule has 8 atom stereocenters. The van der Waals surface area contributed by atoms with Crippen LogP contribution in [-0.2, 0) is 20.8 Å². The van der Waals surface area contributed by atoms with Crippen LogP contribution in [0.4, 0.5) is 0 Å². The van der Waals surface area contributed by atoms with Crippen molar-refractivity contribution in [2.45, 2.75) is 74.0 Å². The monoisotopic (exact) mass is 686 g/mol. The quantitative estimate of drug-likeness (QED) is 0.229. The third-order valence-corrected chi connectivity index (χ3v) is 19.3. The van der Waals surface area contributed by atoms with Gasteiger partial charge in [0.05, 0.1) is 8.07 Å². The van der Waals surface area contributed by atoms with Crippen molar-refractivity contribution < 1.29 is 20.8 Å². The first-order chi connectivity index (χ1) is 16.7. The van der Waals surface area contributed by atoms with Gasteiger partial charge < -0.3 is 14.9 Å². The second-order valence-electron chi connectivity index (χ2n) is 11.6. The molecule has 37 heavy (non-hydrogen) atoms. The van der Waals surface area contributed by atoms with Crippen molar-refractivity contribution >= 4 is 66.0 Å². The van der Waals surface area contributed by atoms with Crippen molar-refractivity contribution in [1.29, 1.82) is 0 Å². The number of halogens is 2. The number of thioether (sulfide) groups is 3. The molecule has 0 spiro atoms. The van der Waals surface area contributed by atoms with Crippen LogP contribution in [0.1, 0.15) is 39.7 Å². The van der Waals surface area contributed by atoms with Gasteiger partial charge >= 0.3 is 37.9 Å². The molecule has 202 valence electrons. The maximum absolute atomic E-state index is 4.93. The van der Waals surface area contributed by atoms with Gasteiger partial charge in [0.15, 0.2) is 0 Å². The zero-order valence-corrected chi connectivity index (χ0v) is 30.8. The zero-order valence-electron chi connectivity index (χ0n) is 23.4. The SMILES string of the molecule is CC1=CC2C3C=C(C)SC3C([Si](C)(C)C3C(C)CC4C(c5ccccc5)=C(C)SC43)C2S1.[CH3-].[CH3-].[Cl][Zr+2][Cl]. The molecule has 3 heterocycles. The summed E-state index contributed by atoms with van der Waals surface area (Å²) in [5.74, 6) is 3.18. The van der Waals surface area contributed by atoms with Crippen LogP contribution in [0.25, 0.3) is 5.57 Å². The predicted octanol–water partition coefficient (Wildman–Crippen LogP) is 11.2. The Hall–Kier alpha value is 1.17. The Labute approximate surface area is 259 Å². The molecule has 0 aromatic heterocycles. The van der Waals surface area contributed by atoms with Crippen LogP contribution < -0.4 is 0 Å². The summed E-state index contributed by atoms with van der Waals surface area (Å²) in [5, 5.41) is 2.48. The van der Waals surface area contributed by atoms with Crippen LogP contribution in [0, 0.1) is 38.5 Å². The van der Waals surface area contributed by atoms with Gasteiger partial charge in [-0.05, 0) is 87.8 Å². The zero-order chi connectivity index (χ0) is 25.1. The Balaban J connectivity index is 0.000000727. The van der Waals surface area contributed by atoms with E-state index >= 15 is 0 Å².